The van der Waals surface area contributed by atoms with E-state index in [0.717, 1.165) is 24.7 Å². The smallest absolute Gasteiger partial charge is 0.278 e. The van der Waals surface area contributed by atoms with E-state index in [0.29, 0.717) is 47.9 Å². The summed E-state index contributed by atoms with van der Waals surface area (Å²) in [7, 11) is 0. The summed E-state index contributed by atoms with van der Waals surface area (Å²) in [5, 5.41) is 14.7. The molecule has 3 aromatic heterocycles. The number of fused-ring (bicyclic) bond motifs is 6. The first-order valence-electron chi connectivity index (χ1n) is 13.3. The number of allylic oxidation sites excluding steroid dienone is 2. The Morgan fingerprint density at radius 1 is 1.05 bits per heavy atom. The highest BCUT2D eigenvalue weighted by atomic mass is 16.3. The number of nitrogens with one attached hydrogen (secondary N) is 1. The number of rotatable bonds is 3. The number of hydrogen-bond acceptors (Lipinski definition) is 7. The van der Waals surface area contributed by atoms with Crippen LogP contribution in [0.2, 0.25) is 0 Å². The molecule has 2 aliphatic rings. The molecule has 0 aliphatic carbocycles. The Kier molecular flexibility index (Phi) is 6.23. The summed E-state index contributed by atoms with van der Waals surface area (Å²) in [5.41, 5.74) is 1.84. The molecule has 0 saturated carbocycles. The predicted octanol–water partition coefficient (Wildman–Crippen LogP) is 4.51. The minimum Gasteiger partial charge on any atom is -0.384 e. The fourth-order valence-electron chi connectivity index (χ4n) is 5.26. The van der Waals surface area contributed by atoms with Gasteiger partial charge in [-0.25, -0.2) is 19.3 Å². The second-order valence-electron chi connectivity index (χ2n) is 10.6. The van der Waals surface area contributed by atoms with Gasteiger partial charge in [-0.3, -0.25) is 4.79 Å². The Hall–Kier alpha value is -3.98. The molecule has 1 atom stereocenters. The molecule has 2 N–H and O–H groups in total. The fraction of sp³-hybridized carbons (Fsp3) is 0.379. The summed E-state index contributed by atoms with van der Waals surface area (Å²) in [5.74, 6) is 1.71. The lowest BCUT2D eigenvalue weighted by atomic mass is 9.95. The molecule has 1 fully saturated rings. The van der Waals surface area contributed by atoms with Crippen LogP contribution in [0.15, 0.2) is 65.6 Å². The highest BCUT2D eigenvalue weighted by molar-refractivity contribution is 5.77. The van der Waals surface area contributed by atoms with E-state index >= 15 is 0 Å². The van der Waals surface area contributed by atoms with Gasteiger partial charge in [-0.2, -0.15) is 4.98 Å². The van der Waals surface area contributed by atoms with Crippen LogP contribution < -0.4 is 15.8 Å². The van der Waals surface area contributed by atoms with Crippen LogP contribution in [0.5, 0.6) is 0 Å². The zero-order valence-corrected chi connectivity index (χ0v) is 21.8. The van der Waals surface area contributed by atoms with Crippen molar-refractivity contribution in [3.05, 3.63) is 76.9 Å². The summed E-state index contributed by atoms with van der Waals surface area (Å²) in [6, 6.07) is 13.8. The average molecular weight is 512 g/mol. The van der Waals surface area contributed by atoms with Crippen molar-refractivity contribution in [1.82, 2.24) is 24.3 Å². The van der Waals surface area contributed by atoms with Crippen molar-refractivity contribution in [3.63, 3.8) is 0 Å². The molecule has 196 valence electrons. The van der Waals surface area contributed by atoms with Crippen LogP contribution >= 0.6 is 0 Å². The van der Waals surface area contributed by atoms with Crippen LogP contribution in [0.1, 0.15) is 45.2 Å². The third kappa shape index (κ3) is 4.58. The molecule has 6 rings (SSSR count). The number of aliphatic hydroxyl groups is 1. The van der Waals surface area contributed by atoms with Gasteiger partial charge in [0, 0.05) is 30.7 Å². The first kappa shape index (κ1) is 24.4. The Bertz CT molecular complexity index is 1540. The first-order chi connectivity index (χ1) is 18.4. The maximum atomic E-state index is 13.3. The van der Waals surface area contributed by atoms with Crippen LogP contribution in [0.25, 0.3) is 16.9 Å². The Labute approximate surface area is 221 Å². The molecule has 0 spiro atoms. The van der Waals surface area contributed by atoms with Crippen LogP contribution in [-0.2, 0) is 12.1 Å². The van der Waals surface area contributed by atoms with E-state index < -0.39 is 5.60 Å². The quantitative estimate of drug-likeness (QED) is 0.390. The number of hydrogen-bond donors (Lipinski definition) is 2. The van der Waals surface area contributed by atoms with Crippen molar-refractivity contribution >= 4 is 28.4 Å². The molecule has 5 heterocycles. The highest BCUT2D eigenvalue weighted by Crippen LogP contribution is 2.28. The Morgan fingerprint density at radius 3 is 2.63 bits per heavy atom. The summed E-state index contributed by atoms with van der Waals surface area (Å²) in [4.78, 5) is 29.7. The minimum absolute atomic E-state index is 0.186. The van der Waals surface area contributed by atoms with Gasteiger partial charge in [0.2, 0.25) is 5.95 Å². The van der Waals surface area contributed by atoms with E-state index in [4.69, 9.17) is 9.97 Å². The van der Waals surface area contributed by atoms with Crippen molar-refractivity contribution in [2.24, 2.45) is 5.92 Å². The number of aromatic nitrogens is 5. The van der Waals surface area contributed by atoms with Crippen molar-refractivity contribution in [3.8, 4) is 5.82 Å². The number of benzene rings is 1. The SMILES string of the molecule is CC1CCN(c2ccc(Nc3ncc4c(=O)n5n(c4n3)-c3cccc(n3)C(C)(O)CC/C=C\C5)cc2)CC1. The van der Waals surface area contributed by atoms with E-state index in [1.807, 2.05) is 42.5 Å². The molecule has 2 aliphatic heterocycles. The lowest BCUT2D eigenvalue weighted by molar-refractivity contribution is 0.0443. The highest BCUT2D eigenvalue weighted by Gasteiger charge is 2.26. The van der Waals surface area contributed by atoms with Gasteiger partial charge >= 0.3 is 0 Å². The standard InChI is InChI=1S/C29H33N7O2/c1-20-13-17-34(18-14-20)22-11-9-21(10-12-22)31-28-30-19-23-26(33-28)36-25-8-6-7-24(32-25)29(2,38)15-4-3-5-16-35(36)27(23)37/h3,5-12,19-20,38H,4,13-18H2,1-2H3,(H,30,31,33)/b5-3-. The van der Waals surface area contributed by atoms with Gasteiger partial charge in [0.05, 0.1) is 12.2 Å². The summed E-state index contributed by atoms with van der Waals surface area (Å²) in [6.45, 7) is 6.62. The van der Waals surface area contributed by atoms with Crippen molar-refractivity contribution in [2.75, 3.05) is 23.3 Å². The minimum atomic E-state index is -1.08. The van der Waals surface area contributed by atoms with Gasteiger partial charge in [0.1, 0.15) is 11.0 Å². The van der Waals surface area contributed by atoms with Crippen LogP contribution in [-0.4, -0.2) is 42.5 Å². The molecule has 2 bridgehead atoms. The summed E-state index contributed by atoms with van der Waals surface area (Å²) < 4.78 is 3.33. The Morgan fingerprint density at radius 2 is 1.84 bits per heavy atom. The van der Waals surface area contributed by atoms with E-state index in [1.165, 1.54) is 18.5 Å². The molecule has 1 aromatic carbocycles. The van der Waals surface area contributed by atoms with Crippen molar-refractivity contribution < 1.29 is 5.11 Å². The second-order valence-corrected chi connectivity index (χ2v) is 10.6. The average Bonchev–Trinajstić information content (AvgIpc) is 3.19. The summed E-state index contributed by atoms with van der Waals surface area (Å²) in [6.07, 6.45) is 9.16. The van der Waals surface area contributed by atoms with Crippen molar-refractivity contribution in [1.29, 1.82) is 0 Å². The van der Waals surface area contributed by atoms with Gasteiger partial charge in [0.25, 0.3) is 5.56 Å². The Balaban J connectivity index is 1.36. The van der Waals surface area contributed by atoms with E-state index in [2.05, 4.69) is 34.3 Å². The molecule has 38 heavy (non-hydrogen) atoms. The molecule has 0 radical (unpaired) electrons. The number of nitrogens with zero attached hydrogens (tertiary/aromatic N) is 6. The van der Waals surface area contributed by atoms with Crippen LogP contribution in [0, 0.1) is 5.92 Å². The molecule has 9 heteroatoms. The molecule has 4 aromatic rings. The molecular weight excluding hydrogens is 478 g/mol. The van der Waals surface area contributed by atoms with E-state index in [1.54, 1.807) is 22.5 Å². The normalized spacial score (nSPS) is 21.1. The van der Waals surface area contributed by atoms with Crippen LogP contribution in [0.3, 0.4) is 0 Å². The van der Waals surface area contributed by atoms with Gasteiger partial charge < -0.3 is 15.3 Å². The zero-order valence-electron chi connectivity index (χ0n) is 21.8. The molecule has 0 amide bonds. The third-order valence-electron chi connectivity index (χ3n) is 7.69. The number of anilines is 3. The first-order valence-corrected chi connectivity index (χ1v) is 13.3. The van der Waals surface area contributed by atoms with Gasteiger partial charge in [-0.1, -0.05) is 25.1 Å². The van der Waals surface area contributed by atoms with E-state index in [9.17, 15) is 9.90 Å². The predicted molar refractivity (Wildman–Crippen MR) is 149 cm³/mol. The maximum absolute atomic E-state index is 13.3. The second kappa shape index (κ2) is 9.72. The maximum Gasteiger partial charge on any atom is 0.278 e. The monoisotopic (exact) mass is 511 g/mol. The van der Waals surface area contributed by atoms with Gasteiger partial charge in [-0.15, -0.1) is 0 Å². The number of pyridine rings is 1. The zero-order chi connectivity index (χ0) is 26.3. The van der Waals surface area contributed by atoms with Gasteiger partial charge in [0.15, 0.2) is 11.5 Å². The van der Waals surface area contributed by atoms with E-state index in [-0.39, 0.29) is 5.56 Å². The lowest BCUT2D eigenvalue weighted by Crippen LogP contribution is -2.32. The van der Waals surface area contributed by atoms with Crippen molar-refractivity contribution in [2.45, 2.75) is 51.7 Å². The summed E-state index contributed by atoms with van der Waals surface area (Å²) >= 11 is 0. The molecular formula is C29H33N7O2. The molecule has 1 unspecified atom stereocenters. The molecule has 1 saturated heterocycles. The lowest BCUT2D eigenvalue weighted by Gasteiger charge is -2.32. The number of piperidine rings is 1. The molecule has 9 nitrogen and oxygen atoms in total. The largest absolute Gasteiger partial charge is 0.384 e. The van der Waals surface area contributed by atoms with Gasteiger partial charge in [-0.05, 0) is 74.9 Å². The third-order valence-corrected chi connectivity index (χ3v) is 7.69. The fourth-order valence-corrected chi connectivity index (χ4v) is 5.26. The van der Waals surface area contributed by atoms with Crippen LogP contribution in [0.4, 0.5) is 17.3 Å². The topological polar surface area (TPSA) is 101 Å².